The van der Waals surface area contributed by atoms with Crippen LogP contribution in [0.25, 0.3) is 0 Å². The van der Waals surface area contributed by atoms with Crippen molar-refractivity contribution in [3.63, 3.8) is 0 Å². The average molecular weight is 432 g/mol. The molecule has 28 heavy (non-hydrogen) atoms. The molecule has 7 nitrogen and oxygen atoms in total. The highest BCUT2D eigenvalue weighted by Crippen LogP contribution is 2.28. The first kappa shape index (κ1) is 23.1. The monoisotopic (exact) mass is 431 g/mol. The van der Waals surface area contributed by atoms with Crippen LogP contribution in [-0.4, -0.2) is 65.7 Å². The van der Waals surface area contributed by atoms with Crippen LogP contribution in [0.4, 0.5) is 0 Å². The van der Waals surface area contributed by atoms with Gasteiger partial charge in [-0.2, -0.15) is 0 Å². The molecule has 0 radical (unpaired) electrons. The van der Waals surface area contributed by atoms with Gasteiger partial charge in [-0.25, -0.2) is 13.1 Å². The highest BCUT2D eigenvalue weighted by Gasteiger charge is 2.32. The van der Waals surface area contributed by atoms with Crippen molar-refractivity contribution in [1.82, 2.24) is 14.9 Å². The van der Waals surface area contributed by atoms with Crippen LogP contribution in [0.3, 0.4) is 0 Å². The molecule has 3 rings (SSSR count). The second-order valence-corrected chi connectivity index (χ2v) is 9.18. The summed E-state index contributed by atoms with van der Waals surface area (Å²) in [6, 6.07) is 4.74. The summed E-state index contributed by atoms with van der Waals surface area (Å²) in [6.45, 7) is 5.85. The molecule has 9 heteroatoms. The number of sulfonamides is 1. The zero-order chi connectivity index (χ0) is 19.4. The summed E-state index contributed by atoms with van der Waals surface area (Å²) in [5.74, 6) is 1.20. The number of amides is 1. The van der Waals surface area contributed by atoms with E-state index in [1.807, 2.05) is 11.8 Å². The van der Waals surface area contributed by atoms with E-state index in [2.05, 4.69) is 10.0 Å². The van der Waals surface area contributed by atoms with Crippen LogP contribution in [0.2, 0.25) is 0 Å². The third-order valence-electron chi connectivity index (χ3n) is 5.65. The number of likely N-dealkylation sites (tertiary alicyclic amines) is 1. The van der Waals surface area contributed by atoms with Gasteiger partial charge in [-0.15, -0.1) is 12.4 Å². The molecule has 0 aliphatic carbocycles. The van der Waals surface area contributed by atoms with Gasteiger partial charge in [0.15, 0.2) is 0 Å². The average Bonchev–Trinajstić information content (AvgIpc) is 3.00. The topological polar surface area (TPSA) is 87.7 Å². The van der Waals surface area contributed by atoms with E-state index in [4.69, 9.17) is 4.74 Å². The van der Waals surface area contributed by atoms with Crippen molar-refractivity contribution >= 4 is 28.3 Å². The molecule has 2 heterocycles. The lowest BCUT2D eigenvalue weighted by Gasteiger charge is -2.22. The van der Waals surface area contributed by atoms with E-state index in [-0.39, 0.29) is 29.8 Å². The predicted molar refractivity (Wildman–Crippen MR) is 110 cm³/mol. The van der Waals surface area contributed by atoms with Gasteiger partial charge in [0.1, 0.15) is 0 Å². The van der Waals surface area contributed by atoms with E-state index in [1.165, 1.54) is 13.2 Å². The predicted octanol–water partition coefficient (Wildman–Crippen LogP) is 1.41. The lowest BCUT2D eigenvalue weighted by atomic mass is 9.92. The number of carbonyl (C=O) groups excluding carboxylic acids is 1. The Morgan fingerprint density at radius 1 is 1.25 bits per heavy atom. The normalized spacial score (nSPS) is 22.3. The summed E-state index contributed by atoms with van der Waals surface area (Å²) in [7, 11) is -2.15. The van der Waals surface area contributed by atoms with Crippen molar-refractivity contribution in [3.05, 3.63) is 29.3 Å². The van der Waals surface area contributed by atoms with Gasteiger partial charge in [0.2, 0.25) is 10.0 Å². The standard InChI is InChI=1S/C19H29N3O4S.ClH/c1-14-3-4-17(27(24,25)21-7-10-26-2)11-18(14)19(23)22-8-5-15-12-20-13-16(15)6-9-22;/h3-4,11,15-16,20-21H,5-10,12-13H2,1-2H3;1H/t15-,16+;. The Hall–Kier alpha value is -1.19. The molecule has 1 aromatic rings. The van der Waals surface area contributed by atoms with Crippen LogP contribution >= 0.6 is 12.4 Å². The number of methoxy groups -OCH3 is 1. The first-order valence-electron chi connectivity index (χ1n) is 9.51. The van der Waals surface area contributed by atoms with E-state index in [9.17, 15) is 13.2 Å². The molecule has 158 valence electrons. The van der Waals surface area contributed by atoms with Gasteiger partial charge in [-0.1, -0.05) is 6.07 Å². The molecule has 1 aromatic carbocycles. The molecule has 0 unspecified atom stereocenters. The number of benzene rings is 1. The van der Waals surface area contributed by atoms with Gasteiger partial charge < -0.3 is 15.0 Å². The fraction of sp³-hybridized carbons (Fsp3) is 0.632. The number of carbonyl (C=O) groups is 1. The number of hydrogen-bond acceptors (Lipinski definition) is 5. The Labute approximate surface area is 173 Å². The Kier molecular flexibility index (Phi) is 8.27. The summed E-state index contributed by atoms with van der Waals surface area (Å²) in [5.41, 5.74) is 1.26. The van der Waals surface area contributed by atoms with Crippen LogP contribution in [0.15, 0.2) is 23.1 Å². The first-order chi connectivity index (χ1) is 12.9. The van der Waals surface area contributed by atoms with Crippen molar-refractivity contribution in [2.45, 2.75) is 24.7 Å². The molecule has 2 fully saturated rings. The Morgan fingerprint density at radius 3 is 2.50 bits per heavy atom. The van der Waals surface area contributed by atoms with Gasteiger partial charge in [0, 0.05) is 32.3 Å². The largest absolute Gasteiger partial charge is 0.383 e. The fourth-order valence-corrected chi connectivity index (χ4v) is 4.99. The van der Waals surface area contributed by atoms with Gasteiger partial charge in [-0.3, -0.25) is 4.79 Å². The number of ether oxygens (including phenoxy) is 1. The molecule has 0 spiro atoms. The number of nitrogens with zero attached hydrogens (tertiary/aromatic N) is 1. The minimum atomic E-state index is -3.66. The molecule has 0 saturated carbocycles. The highest BCUT2D eigenvalue weighted by molar-refractivity contribution is 7.89. The smallest absolute Gasteiger partial charge is 0.254 e. The number of nitrogens with one attached hydrogen (secondary N) is 2. The molecule has 2 atom stereocenters. The molecule has 2 saturated heterocycles. The van der Waals surface area contributed by atoms with Crippen molar-refractivity contribution in [2.75, 3.05) is 46.4 Å². The summed E-state index contributed by atoms with van der Waals surface area (Å²) < 4.78 is 32.3. The Bertz CT molecular complexity index is 773. The van der Waals surface area contributed by atoms with E-state index >= 15 is 0 Å². The van der Waals surface area contributed by atoms with E-state index in [0.29, 0.717) is 24.0 Å². The van der Waals surface area contributed by atoms with Gasteiger partial charge in [0.25, 0.3) is 5.91 Å². The maximum absolute atomic E-state index is 13.1. The number of fused-ring (bicyclic) bond motifs is 1. The van der Waals surface area contributed by atoms with Gasteiger partial charge in [0.05, 0.1) is 11.5 Å². The lowest BCUT2D eigenvalue weighted by molar-refractivity contribution is 0.0757. The maximum Gasteiger partial charge on any atom is 0.254 e. The van der Waals surface area contributed by atoms with Crippen LogP contribution in [-0.2, 0) is 14.8 Å². The van der Waals surface area contributed by atoms with Crippen LogP contribution in [0.5, 0.6) is 0 Å². The minimum Gasteiger partial charge on any atom is -0.383 e. The van der Waals surface area contributed by atoms with Gasteiger partial charge in [-0.05, 0) is 62.4 Å². The zero-order valence-corrected chi connectivity index (χ0v) is 18.1. The number of rotatable bonds is 6. The van der Waals surface area contributed by atoms with E-state index in [0.717, 1.165) is 44.6 Å². The van der Waals surface area contributed by atoms with Crippen LogP contribution in [0, 0.1) is 18.8 Å². The number of halogens is 1. The highest BCUT2D eigenvalue weighted by atomic mass is 35.5. The molecular weight excluding hydrogens is 402 g/mol. The third-order valence-corrected chi connectivity index (χ3v) is 7.11. The van der Waals surface area contributed by atoms with Crippen molar-refractivity contribution in [2.24, 2.45) is 11.8 Å². The number of aryl methyl sites for hydroxylation is 1. The molecule has 2 aliphatic rings. The second kappa shape index (κ2) is 10.0. The summed E-state index contributed by atoms with van der Waals surface area (Å²) in [6.07, 6.45) is 2.00. The lowest BCUT2D eigenvalue weighted by Crippen LogP contribution is -2.33. The zero-order valence-electron chi connectivity index (χ0n) is 16.4. The van der Waals surface area contributed by atoms with E-state index < -0.39 is 10.0 Å². The fourth-order valence-electron chi connectivity index (χ4n) is 3.95. The Balaban J connectivity index is 0.00000280. The van der Waals surface area contributed by atoms with Crippen molar-refractivity contribution in [1.29, 1.82) is 0 Å². The quantitative estimate of drug-likeness (QED) is 0.665. The SMILES string of the molecule is COCCNS(=O)(=O)c1ccc(C)c(C(=O)N2CC[C@@H]3CNC[C@@H]3CC2)c1.Cl. The summed E-state index contributed by atoms with van der Waals surface area (Å²) in [4.78, 5) is 15.1. The van der Waals surface area contributed by atoms with Crippen molar-refractivity contribution in [3.8, 4) is 0 Å². The van der Waals surface area contributed by atoms with Crippen LogP contribution < -0.4 is 10.0 Å². The van der Waals surface area contributed by atoms with Crippen molar-refractivity contribution < 1.29 is 17.9 Å². The minimum absolute atomic E-state index is 0. The molecule has 0 aromatic heterocycles. The number of hydrogen-bond donors (Lipinski definition) is 2. The summed E-state index contributed by atoms with van der Waals surface area (Å²) >= 11 is 0. The van der Waals surface area contributed by atoms with Gasteiger partial charge >= 0.3 is 0 Å². The third kappa shape index (κ3) is 5.24. The molecule has 1 amide bonds. The molecule has 2 N–H and O–H groups in total. The summed E-state index contributed by atoms with van der Waals surface area (Å²) in [5, 5.41) is 3.44. The van der Waals surface area contributed by atoms with Crippen LogP contribution in [0.1, 0.15) is 28.8 Å². The molecule has 0 bridgehead atoms. The van der Waals surface area contributed by atoms with E-state index in [1.54, 1.807) is 12.1 Å². The molecular formula is C19H30ClN3O4S. The maximum atomic E-state index is 13.1. The second-order valence-electron chi connectivity index (χ2n) is 7.42. The first-order valence-corrected chi connectivity index (χ1v) is 11.0. The Morgan fingerprint density at radius 2 is 1.89 bits per heavy atom. The molecule has 2 aliphatic heterocycles.